The number of hydrogen-bond donors (Lipinski definition) is 0. The van der Waals surface area contributed by atoms with E-state index in [1.54, 1.807) is 0 Å². The average molecular weight is 182 g/mol. The molecule has 0 fully saturated rings. The van der Waals surface area contributed by atoms with Gasteiger partial charge in [-0.05, 0) is 32.7 Å². The van der Waals surface area contributed by atoms with Crippen LogP contribution in [0.25, 0.3) is 0 Å². The summed E-state index contributed by atoms with van der Waals surface area (Å²) in [5.41, 5.74) is 2.41. The Labute approximate surface area is 80.6 Å². The summed E-state index contributed by atoms with van der Waals surface area (Å²) in [6.45, 7) is 4.17. The fraction of sp³-hybridized carbons (Fsp3) is 0.667. The molecule has 0 unspecified atom stereocenters. The van der Waals surface area contributed by atoms with Crippen LogP contribution < -0.4 is 0 Å². The summed E-state index contributed by atoms with van der Waals surface area (Å²) in [5, 5.41) is 0. The van der Waals surface area contributed by atoms with Crippen LogP contribution in [-0.2, 0) is 0 Å². The number of hydrogen-bond acceptors (Lipinski definition) is 2. The van der Waals surface area contributed by atoms with E-state index in [1.807, 2.05) is 14.0 Å². The van der Waals surface area contributed by atoms with Crippen molar-refractivity contribution in [2.45, 2.75) is 25.4 Å². The zero-order valence-corrected chi connectivity index (χ0v) is 10.2. The second-order valence-corrected chi connectivity index (χ2v) is 6.32. The van der Waals surface area contributed by atoms with Gasteiger partial charge < -0.3 is 3.88 Å². The molecule has 2 nitrogen and oxygen atoms in total. The highest BCUT2D eigenvalue weighted by Crippen LogP contribution is 2.03. The third kappa shape index (κ3) is 3.94. The van der Waals surface area contributed by atoms with Crippen LogP contribution in [0.2, 0.25) is 11.6 Å². The molecule has 0 amide bonds. The highest BCUT2D eigenvalue weighted by molar-refractivity contribution is 6.53. The topological polar surface area (TPSA) is 15.6 Å². The van der Waals surface area contributed by atoms with Gasteiger partial charge in [0.25, 0.3) is 0 Å². The van der Waals surface area contributed by atoms with Gasteiger partial charge in [0, 0.05) is 12.8 Å². The van der Waals surface area contributed by atoms with Crippen molar-refractivity contribution in [1.29, 1.82) is 0 Å². The Balaban J connectivity index is 4.37. The van der Waals surface area contributed by atoms with Crippen molar-refractivity contribution >= 4 is 20.1 Å². The molecule has 0 N–H and O–H groups in total. The Morgan fingerprint density at radius 1 is 1.33 bits per heavy atom. The molecule has 0 radical (unpaired) electrons. The lowest BCUT2D eigenvalue weighted by Crippen LogP contribution is -2.28. The first-order valence-electron chi connectivity index (χ1n) is 4.33. The summed E-state index contributed by atoms with van der Waals surface area (Å²) < 4.78 is 2.37. The molecule has 0 spiro atoms. The summed E-state index contributed by atoms with van der Waals surface area (Å²) in [4.78, 5) is 4.10. The van der Waals surface area contributed by atoms with E-state index in [0.717, 1.165) is 5.71 Å². The SMILES string of the molecule is CN=C(C)/C=C(\C)[N](C)[Al]([CH3])[CH3]. The second kappa shape index (κ2) is 5.40. The molecule has 0 rings (SSSR count). The Bertz CT molecular complexity index is 195. The van der Waals surface area contributed by atoms with Crippen LogP contribution in [0.1, 0.15) is 13.8 Å². The Hall–Kier alpha value is -0.258. The molecular weight excluding hydrogens is 163 g/mol. The van der Waals surface area contributed by atoms with E-state index in [-0.39, 0.29) is 0 Å². The molecule has 3 heteroatoms. The molecule has 0 atom stereocenters. The molecule has 0 heterocycles. The number of allylic oxidation sites excluding steroid dienone is 2. The van der Waals surface area contributed by atoms with Gasteiger partial charge in [0.1, 0.15) is 0 Å². The van der Waals surface area contributed by atoms with Gasteiger partial charge in [-0.1, -0.05) is 11.6 Å². The van der Waals surface area contributed by atoms with Gasteiger partial charge in [-0.3, -0.25) is 4.99 Å². The molecule has 0 saturated heterocycles. The van der Waals surface area contributed by atoms with Gasteiger partial charge in [0.05, 0.1) is 0 Å². The highest BCUT2D eigenvalue weighted by Gasteiger charge is 2.10. The van der Waals surface area contributed by atoms with E-state index in [9.17, 15) is 0 Å². The van der Waals surface area contributed by atoms with Crippen molar-refractivity contribution in [2.75, 3.05) is 14.1 Å². The Kier molecular flexibility index (Phi) is 5.28. The lowest BCUT2D eigenvalue weighted by Gasteiger charge is -2.22. The van der Waals surface area contributed by atoms with Crippen LogP contribution in [0, 0.1) is 0 Å². The van der Waals surface area contributed by atoms with Crippen LogP contribution in [0.15, 0.2) is 16.8 Å². The number of aliphatic imine (C=N–C) groups is 1. The molecule has 0 aliphatic heterocycles. The normalized spacial score (nSPS) is 13.2. The Morgan fingerprint density at radius 2 is 1.83 bits per heavy atom. The molecule has 0 aliphatic rings. The van der Waals surface area contributed by atoms with Gasteiger partial charge in [0.15, 0.2) is 0 Å². The van der Waals surface area contributed by atoms with E-state index in [0.29, 0.717) is 0 Å². The highest BCUT2D eigenvalue weighted by atomic mass is 27.2. The van der Waals surface area contributed by atoms with Crippen molar-refractivity contribution < 1.29 is 0 Å². The van der Waals surface area contributed by atoms with Crippen LogP contribution in [0.5, 0.6) is 0 Å². The molecule has 0 aliphatic carbocycles. The van der Waals surface area contributed by atoms with Gasteiger partial charge in [0.2, 0.25) is 0 Å². The minimum Gasteiger partial charge on any atom is -0.469 e. The smallest absolute Gasteiger partial charge is 0.406 e. The standard InChI is InChI=1S/C7H13N2.2CH3.Al/c1-6(8-3)5-7(2)9-4;;;/h5H,1-4H3;2*1H3;/q-1;;;+1/b6-5+,9-7?;;;. The van der Waals surface area contributed by atoms with Crippen LogP contribution in [0.3, 0.4) is 0 Å². The first-order chi connectivity index (χ1) is 5.49. The van der Waals surface area contributed by atoms with E-state index < -0.39 is 14.4 Å². The minimum absolute atomic E-state index is 0.682. The van der Waals surface area contributed by atoms with Gasteiger partial charge in [-0.2, -0.15) is 0 Å². The molecule has 0 aromatic rings. The van der Waals surface area contributed by atoms with Gasteiger partial charge in [-0.25, -0.2) is 0 Å². The van der Waals surface area contributed by atoms with Crippen molar-refractivity contribution in [3.05, 3.63) is 11.8 Å². The first-order valence-corrected chi connectivity index (χ1v) is 7.16. The maximum atomic E-state index is 4.10. The van der Waals surface area contributed by atoms with Crippen LogP contribution in [0.4, 0.5) is 0 Å². The number of nitrogens with zero attached hydrogens (tertiary/aromatic N) is 2. The largest absolute Gasteiger partial charge is 0.469 e. The van der Waals surface area contributed by atoms with Crippen molar-refractivity contribution in [3.63, 3.8) is 0 Å². The third-order valence-corrected chi connectivity index (χ3v) is 4.06. The lowest BCUT2D eigenvalue weighted by atomic mass is 10.3. The zero-order chi connectivity index (χ0) is 9.72. The monoisotopic (exact) mass is 182 g/mol. The summed E-state index contributed by atoms with van der Waals surface area (Å²) in [7, 11) is 3.98. The summed E-state index contributed by atoms with van der Waals surface area (Å²) in [5.74, 6) is 4.63. The lowest BCUT2D eigenvalue weighted by molar-refractivity contribution is 0.652. The predicted octanol–water partition coefficient (Wildman–Crippen LogP) is 2.16. The van der Waals surface area contributed by atoms with E-state index in [2.05, 4.69) is 40.5 Å². The quantitative estimate of drug-likeness (QED) is 0.482. The molecule has 68 valence electrons. The molecule has 0 aromatic heterocycles. The van der Waals surface area contributed by atoms with E-state index in [4.69, 9.17) is 0 Å². The van der Waals surface area contributed by atoms with Gasteiger partial charge in [-0.15, -0.1) is 0 Å². The Morgan fingerprint density at radius 3 is 2.17 bits per heavy atom. The average Bonchev–Trinajstić information content (AvgIpc) is 2.02. The fourth-order valence-corrected chi connectivity index (χ4v) is 1.77. The van der Waals surface area contributed by atoms with Crippen LogP contribution >= 0.6 is 0 Å². The summed E-state index contributed by atoms with van der Waals surface area (Å²) in [6, 6.07) is 0. The summed E-state index contributed by atoms with van der Waals surface area (Å²) >= 11 is -0.682. The zero-order valence-electron chi connectivity index (χ0n) is 9.05. The maximum Gasteiger partial charge on any atom is 0.406 e. The molecular formula is C9H19AlN2. The van der Waals surface area contributed by atoms with Crippen LogP contribution in [-0.4, -0.2) is 38.1 Å². The number of rotatable bonds is 3. The summed E-state index contributed by atoms with van der Waals surface area (Å²) in [6.07, 6.45) is 2.13. The molecule has 0 bridgehead atoms. The van der Waals surface area contributed by atoms with E-state index in [1.165, 1.54) is 5.70 Å². The second-order valence-electron chi connectivity index (χ2n) is 3.36. The van der Waals surface area contributed by atoms with E-state index >= 15 is 0 Å². The predicted molar refractivity (Wildman–Crippen MR) is 58.0 cm³/mol. The molecule has 0 saturated carbocycles. The third-order valence-electron chi connectivity index (χ3n) is 2.10. The fourth-order valence-electron chi connectivity index (χ4n) is 0.876. The molecule has 12 heavy (non-hydrogen) atoms. The van der Waals surface area contributed by atoms with Crippen molar-refractivity contribution in [1.82, 2.24) is 3.88 Å². The maximum absolute atomic E-state index is 4.10. The first kappa shape index (κ1) is 11.7. The molecule has 0 aromatic carbocycles. The van der Waals surface area contributed by atoms with Crippen molar-refractivity contribution in [3.8, 4) is 0 Å². The minimum atomic E-state index is -0.682. The van der Waals surface area contributed by atoms with Crippen molar-refractivity contribution in [2.24, 2.45) is 4.99 Å². The van der Waals surface area contributed by atoms with Gasteiger partial charge >= 0.3 is 14.4 Å².